The van der Waals surface area contributed by atoms with Gasteiger partial charge in [0.2, 0.25) is 5.91 Å². The van der Waals surface area contributed by atoms with Crippen LogP contribution >= 0.6 is 11.6 Å². The van der Waals surface area contributed by atoms with Crippen molar-refractivity contribution in [2.45, 2.75) is 69.6 Å². The molecule has 3 fully saturated rings. The summed E-state index contributed by atoms with van der Waals surface area (Å²) in [5.41, 5.74) is -1.46. The lowest BCUT2D eigenvalue weighted by Crippen LogP contribution is -2.57. The van der Waals surface area contributed by atoms with Gasteiger partial charge in [-0.05, 0) is 75.6 Å². The van der Waals surface area contributed by atoms with Crippen LogP contribution in [0.2, 0.25) is 5.02 Å². The van der Waals surface area contributed by atoms with Crippen molar-refractivity contribution in [3.8, 4) is 0 Å². The van der Waals surface area contributed by atoms with Gasteiger partial charge in [0.1, 0.15) is 17.6 Å². The number of aliphatic hydroxyl groups excluding tert-OH is 1. The summed E-state index contributed by atoms with van der Waals surface area (Å²) in [4.78, 5) is 45.5. The van der Waals surface area contributed by atoms with E-state index in [-0.39, 0.29) is 37.5 Å². The number of esters is 1. The number of carbonyl (C=O) groups is 3. The summed E-state index contributed by atoms with van der Waals surface area (Å²) in [5.74, 6) is -2.68. The molecule has 1 aromatic rings. The largest absolute Gasteiger partial charge is 0.465 e. The van der Waals surface area contributed by atoms with Gasteiger partial charge in [-0.15, -0.1) is 13.2 Å². The van der Waals surface area contributed by atoms with Crippen LogP contribution in [0.3, 0.4) is 0 Å². The van der Waals surface area contributed by atoms with Gasteiger partial charge in [0, 0.05) is 30.4 Å². The molecule has 0 saturated carbocycles. The number of benzene rings is 1. The topological polar surface area (TPSA) is 96.4 Å². The van der Waals surface area contributed by atoms with Crippen LogP contribution in [0.25, 0.3) is 0 Å². The second-order valence-electron chi connectivity index (χ2n) is 11.3. The summed E-state index contributed by atoms with van der Waals surface area (Å²) in [7, 11) is 0. The summed E-state index contributed by atoms with van der Waals surface area (Å²) >= 11 is 6.12. The molecule has 3 saturated heterocycles. The van der Waals surface area contributed by atoms with Crippen LogP contribution in [0.15, 0.2) is 49.6 Å². The maximum Gasteiger partial charge on any atom is 0.312 e. The fourth-order valence-corrected chi connectivity index (χ4v) is 7.02. The number of likely N-dealkylation sites (tertiary alicyclic amines) is 1. The molecule has 0 radical (unpaired) electrons. The molecule has 2 amide bonds. The maximum atomic E-state index is 14.5. The summed E-state index contributed by atoms with van der Waals surface area (Å²) in [5, 5.41) is 9.81. The Balaban J connectivity index is 1.73. The van der Waals surface area contributed by atoms with E-state index in [0.29, 0.717) is 49.4 Å². The molecule has 3 unspecified atom stereocenters. The predicted molar refractivity (Wildman–Crippen MR) is 154 cm³/mol. The van der Waals surface area contributed by atoms with Gasteiger partial charge >= 0.3 is 5.97 Å². The van der Waals surface area contributed by atoms with Gasteiger partial charge in [-0.25, -0.2) is 0 Å². The molecule has 0 aromatic heterocycles. The second kappa shape index (κ2) is 12.5. The SMILES string of the molecule is C=CCCCOC(=O)[C@@H]1[C@H]2C(=O)N(CCCCCO)C(C(=O)N(CC=C)c3ccc(Cl)cc3)C23CC(C)[C@@]1(C)O3. The third kappa shape index (κ3) is 5.21. The number of hydrogen-bond donors (Lipinski definition) is 1. The van der Waals surface area contributed by atoms with E-state index in [0.717, 1.165) is 6.42 Å². The van der Waals surface area contributed by atoms with Gasteiger partial charge in [-0.3, -0.25) is 14.4 Å². The number of allylic oxidation sites excluding steroid dienone is 1. The molecule has 9 heteroatoms. The van der Waals surface area contributed by atoms with E-state index in [2.05, 4.69) is 13.2 Å². The van der Waals surface area contributed by atoms with Crippen molar-refractivity contribution >= 4 is 35.1 Å². The Hall–Kier alpha value is -2.68. The first-order chi connectivity index (χ1) is 19.2. The van der Waals surface area contributed by atoms with Crippen molar-refractivity contribution in [1.82, 2.24) is 4.90 Å². The van der Waals surface area contributed by atoms with Crippen molar-refractivity contribution in [1.29, 1.82) is 0 Å². The zero-order valence-corrected chi connectivity index (χ0v) is 24.3. The van der Waals surface area contributed by atoms with E-state index in [1.807, 2.05) is 13.8 Å². The summed E-state index contributed by atoms with van der Waals surface area (Å²) in [6.07, 6.45) is 7.18. The monoisotopic (exact) mass is 572 g/mol. The van der Waals surface area contributed by atoms with Crippen molar-refractivity contribution in [3.63, 3.8) is 0 Å². The number of anilines is 1. The molecule has 1 aromatic carbocycles. The molecule has 40 heavy (non-hydrogen) atoms. The van der Waals surface area contributed by atoms with Crippen LogP contribution in [0.1, 0.15) is 52.4 Å². The molecular formula is C31H41ClN2O6. The lowest BCUT2D eigenvalue weighted by atomic mass is 9.62. The lowest BCUT2D eigenvalue weighted by Gasteiger charge is -2.37. The van der Waals surface area contributed by atoms with Crippen molar-refractivity contribution in [2.24, 2.45) is 17.8 Å². The van der Waals surface area contributed by atoms with Crippen molar-refractivity contribution in [2.75, 3.05) is 31.2 Å². The standard InChI is InChI=1S/C31H41ClN2O6/c1-5-7-11-19-39-29(38)25-24-27(36)34(17-9-8-10-18-35)26(31(24)20-21(3)30(25,4)40-31)28(37)33(16-6-2)23-14-12-22(32)13-15-23/h5-6,12-15,21,24-26,35H,1-2,7-11,16-20H2,3-4H3/t21?,24-,25-,26?,30+,31?/m0/s1. The highest BCUT2D eigenvalue weighted by atomic mass is 35.5. The molecule has 6 atom stereocenters. The molecule has 1 spiro atoms. The Morgan fingerprint density at radius 2 is 1.93 bits per heavy atom. The van der Waals surface area contributed by atoms with Crippen molar-refractivity contribution in [3.05, 3.63) is 54.6 Å². The van der Waals surface area contributed by atoms with Crippen LogP contribution < -0.4 is 4.90 Å². The van der Waals surface area contributed by atoms with Gasteiger partial charge < -0.3 is 24.4 Å². The zero-order valence-electron chi connectivity index (χ0n) is 23.5. The second-order valence-corrected chi connectivity index (χ2v) is 11.8. The highest BCUT2D eigenvalue weighted by Crippen LogP contribution is 2.65. The summed E-state index contributed by atoms with van der Waals surface area (Å²) in [6.45, 7) is 12.3. The molecule has 3 aliphatic heterocycles. The minimum absolute atomic E-state index is 0.0608. The number of rotatable bonds is 14. The lowest BCUT2D eigenvalue weighted by molar-refractivity contribution is -0.161. The number of nitrogens with zero attached hydrogens (tertiary/aromatic N) is 2. The highest BCUT2D eigenvalue weighted by Gasteiger charge is 2.80. The van der Waals surface area contributed by atoms with E-state index in [9.17, 15) is 19.5 Å². The first kappa shape index (κ1) is 30.3. The number of unbranched alkanes of at least 4 members (excludes halogenated alkanes) is 3. The third-order valence-corrected chi connectivity index (χ3v) is 9.12. The molecular weight excluding hydrogens is 532 g/mol. The predicted octanol–water partition coefficient (Wildman–Crippen LogP) is 4.54. The molecule has 3 heterocycles. The molecule has 4 rings (SSSR count). The quantitative estimate of drug-likeness (QED) is 0.200. The third-order valence-electron chi connectivity index (χ3n) is 8.87. The first-order valence-electron chi connectivity index (χ1n) is 14.2. The average molecular weight is 573 g/mol. The smallest absolute Gasteiger partial charge is 0.312 e. The Bertz CT molecular complexity index is 1130. The number of amides is 2. The van der Waals surface area contributed by atoms with Crippen molar-refractivity contribution < 1.29 is 29.0 Å². The van der Waals surface area contributed by atoms with Gasteiger partial charge in [-0.2, -0.15) is 0 Å². The summed E-state index contributed by atoms with van der Waals surface area (Å²) in [6, 6.07) is 6.04. The van der Waals surface area contributed by atoms with Crippen LogP contribution in [0.4, 0.5) is 5.69 Å². The number of hydrogen-bond acceptors (Lipinski definition) is 6. The Kier molecular flexibility index (Phi) is 9.43. The Labute approximate surface area is 241 Å². The minimum atomic E-state index is -1.16. The number of halogens is 1. The van der Waals surface area contributed by atoms with E-state index in [1.54, 1.807) is 46.2 Å². The average Bonchev–Trinajstić information content (AvgIpc) is 3.44. The van der Waals surface area contributed by atoms with Crippen LogP contribution in [0, 0.1) is 17.8 Å². The first-order valence-corrected chi connectivity index (χ1v) is 14.6. The van der Waals surface area contributed by atoms with Crippen LogP contribution in [-0.4, -0.2) is 71.3 Å². The maximum absolute atomic E-state index is 14.5. The molecule has 1 N–H and O–H groups in total. The molecule has 3 aliphatic rings. The Morgan fingerprint density at radius 3 is 2.58 bits per heavy atom. The fourth-order valence-electron chi connectivity index (χ4n) is 6.90. The van der Waals surface area contributed by atoms with Crippen LogP contribution in [0.5, 0.6) is 0 Å². The summed E-state index contributed by atoms with van der Waals surface area (Å²) < 4.78 is 12.4. The number of carbonyl (C=O) groups excluding carboxylic acids is 3. The van der Waals surface area contributed by atoms with E-state index in [4.69, 9.17) is 21.1 Å². The molecule has 0 aliphatic carbocycles. The normalized spacial score (nSPS) is 30.3. The van der Waals surface area contributed by atoms with Gasteiger partial charge in [0.25, 0.3) is 5.91 Å². The molecule has 2 bridgehead atoms. The number of aliphatic hydroxyl groups is 1. The van der Waals surface area contributed by atoms with E-state index >= 15 is 0 Å². The van der Waals surface area contributed by atoms with Gasteiger partial charge in [0.05, 0.1) is 18.1 Å². The van der Waals surface area contributed by atoms with Gasteiger partial charge in [-0.1, -0.05) is 30.7 Å². The Morgan fingerprint density at radius 1 is 1.20 bits per heavy atom. The van der Waals surface area contributed by atoms with E-state index < -0.39 is 35.0 Å². The highest BCUT2D eigenvalue weighted by molar-refractivity contribution is 6.30. The van der Waals surface area contributed by atoms with Gasteiger partial charge in [0.15, 0.2) is 0 Å². The zero-order chi connectivity index (χ0) is 29.1. The number of ether oxygens (including phenoxy) is 2. The van der Waals surface area contributed by atoms with Crippen LogP contribution in [-0.2, 0) is 23.9 Å². The molecule has 8 nitrogen and oxygen atoms in total. The molecule has 218 valence electrons. The fraction of sp³-hybridized carbons (Fsp3) is 0.581. The van der Waals surface area contributed by atoms with E-state index in [1.165, 1.54) is 0 Å². The number of fused-ring (bicyclic) bond motifs is 1. The minimum Gasteiger partial charge on any atom is -0.465 e.